The van der Waals surface area contributed by atoms with Gasteiger partial charge in [-0.25, -0.2) is 0 Å². The molecule has 0 unspecified atom stereocenters. The second kappa shape index (κ2) is 10.0. The van der Waals surface area contributed by atoms with E-state index in [1.807, 2.05) is 27.7 Å². The Labute approximate surface area is 91.8 Å². The second-order valence-corrected chi connectivity index (χ2v) is 3.50. The van der Waals surface area contributed by atoms with Crippen molar-refractivity contribution in [2.24, 2.45) is 0 Å². The zero-order valence-electron chi connectivity index (χ0n) is 8.83. The van der Waals surface area contributed by atoms with E-state index in [1.54, 1.807) is 0 Å². The Morgan fingerprint density at radius 1 is 1.46 bits per heavy atom. The largest absolute Gasteiger partial charge is 0.480 e. The standard InChI is InChI=1S/C6H13NO2.C3H7.Fe/c1-6(2,3)7-4-5(8)9;1-3-2;/h7H,4H2,1-3H3,(H,8,9);1,3H2,2H3;/q;-1;. The fourth-order valence-electron chi connectivity index (χ4n) is 0.341. The molecule has 4 heteroatoms. The summed E-state index contributed by atoms with van der Waals surface area (Å²) in [6.07, 6.45) is 1.00. The number of nitrogens with one attached hydrogen (secondary N) is 1. The molecule has 0 fully saturated rings. The summed E-state index contributed by atoms with van der Waals surface area (Å²) in [5.41, 5.74) is -0.0988. The maximum Gasteiger partial charge on any atom is 0.317 e. The van der Waals surface area contributed by atoms with Crippen molar-refractivity contribution in [3.8, 4) is 0 Å². The number of carboxylic acid groups (broad SMARTS) is 1. The number of carbonyl (C=O) groups is 1. The van der Waals surface area contributed by atoms with Crippen molar-refractivity contribution in [1.29, 1.82) is 0 Å². The van der Waals surface area contributed by atoms with Crippen LogP contribution in [0, 0.1) is 6.92 Å². The van der Waals surface area contributed by atoms with Crippen LogP contribution in [0.3, 0.4) is 0 Å². The Morgan fingerprint density at radius 3 is 1.85 bits per heavy atom. The van der Waals surface area contributed by atoms with Crippen LogP contribution < -0.4 is 5.32 Å². The Balaban J connectivity index is -0.000000220. The van der Waals surface area contributed by atoms with Gasteiger partial charge in [0.2, 0.25) is 0 Å². The van der Waals surface area contributed by atoms with Crippen LogP contribution in [0.2, 0.25) is 0 Å². The van der Waals surface area contributed by atoms with Crippen molar-refractivity contribution in [2.45, 2.75) is 39.7 Å². The van der Waals surface area contributed by atoms with Crippen molar-refractivity contribution in [3.63, 3.8) is 0 Å². The molecule has 82 valence electrons. The van der Waals surface area contributed by atoms with Crippen LogP contribution in [-0.4, -0.2) is 23.2 Å². The summed E-state index contributed by atoms with van der Waals surface area (Å²) in [5, 5.41) is 11.0. The molecule has 0 aliphatic rings. The first-order valence-corrected chi connectivity index (χ1v) is 4.09. The van der Waals surface area contributed by atoms with E-state index in [1.165, 1.54) is 0 Å². The molecule has 0 amide bonds. The van der Waals surface area contributed by atoms with Gasteiger partial charge < -0.3 is 17.3 Å². The van der Waals surface area contributed by atoms with Crippen molar-refractivity contribution < 1.29 is 27.0 Å². The molecule has 0 radical (unpaired) electrons. The van der Waals surface area contributed by atoms with Gasteiger partial charge in [0.25, 0.3) is 0 Å². The quantitative estimate of drug-likeness (QED) is 0.560. The van der Waals surface area contributed by atoms with Gasteiger partial charge >= 0.3 is 5.97 Å². The van der Waals surface area contributed by atoms with E-state index in [-0.39, 0.29) is 29.2 Å². The fourth-order valence-corrected chi connectivity index (χ4v) is 0.341. The zero-order chi connectivity index (χ0) is 10.2. The van der Waals surface area contributed by atoms with Gasteiger partial charge in [0.1, 0.15) is 0 Å². The van der Waals surface area contributed by atoms with E-state index in [0.29, 0.717) is 0 Å². The van der Waals surface area contributed by atoms with E-state index in [4.69, 9.17) is 5.11 Å². The van der Waals surface area contributed by atoms with Crippen LogP contribution in [0.1, 0.15) is 34.1 Å². The van der Waals surface area contributed by atoms with Crippen molar-refractivity contribution in [3.05, 3.63) is 6.92 Å². The molecule has 0 saturated carbocycles. The van der Waals surface area contributed by atoms with Crippen LogP contribution >= 0.6 is 0 Å². The Kier molecular flexibility index (Phi) is 14.4. The van der Waals surface area contributed by atoms with Crippen LogP contribution in [0.5, 0.6) is 0 Å². The average molecular weight is 230 g/mol. The molecule has 0 aromatic heterocycles. The monoisotopic (exact) mass is 230 g/mol. The molecule has 0 heterocycles. The number of hydrogen-bond donors (Lipinski definition) is 2. The minimum Gasteiger partial charge on any atom is -0.480 e. The fraction of sp³-hybridized carbons (Fsp3) is 0.778. The Morgan fingerprint density at radius 2 is 1.77 bits per heavy atom. The van der Waals surface area contributed by atoms with Gasteiger partial charge in [-0.2, -0.15) is 6.42 Å². The van der Waals surface area contributed by atoms with Crippen LogP contribution in [-0.2, 0) is 21.9 Å². The SMILES string of the molecule is CC(C)(C)NCC(=O)O.[CH2-]CC.[Fe]. The molecule has 0 spiro atoms. The third kappa shape index (κ3) is 33.4. The second-order valence-electron chi connectivity index (χ2n) is 3.50. The number of aliphatic carboxylic acids is 1. The van der Waals surface area contributed by atoms with Gasteiger partial charge in [0.15, 0.2) is 0 Å². The van der Waals surface area contributed by atoms with E-state index in [2.05, 4.69) is 12.2 Å². The first-order chi connectivity index (χ1) is 5.33. The summed E-state index contributed by atoms with van der Waals surface area (Å²) >= 11 is 0. The molecule has 13 heavy (non-hydrogen) atoms. The smallest absolute Gasteiger partial charge is 0.317 e. The topological polar surface area (TPSA) is 49.3 Å². The van der Waals surface area contributed by atoms with Crippen molar-refractivity contribution in [1.82, 2.24) is 5.32 Å². The molecule has 0 aliphatic carbocycles. The average Bonchev–Trinajstić information content (AvgIpc) is 1.84. The first kappa shape index (κ1) is 18.7. The predicted octanol–water partition coefficient (Wildman–Crippen LogP) is 1.69. The summed E-state index contributed by atoms with van der Waals surface area (Å²) in [5.74, 6) is -0.815. The van der Waals surface area contributed by atoms with Gasteiger partial charge in [-0.3, -0.25) is 4.79 Å². The summed E-state index contributed by atoms with van der Waals surface area (Å²) < 4.78 is 0. The molecule has 2 N–H and O–H groups in total. The molecule has 0 rings (SSSR count). The van der Waals surface area contributed by atoms with Crippen molar-refractivity contribution in [2.75, 3.05) is 6.54 Å². The van der Waals surface area contributed by atoms with Gasteiger partial charge in [0.05, 0.1) is 6.54 Å². The van der Waals surface area contributed by atoms with Gasteiger partial charge in [-0.05, 0) is 20.8 Å². The molecule has 0 bridgehead atoms. The number of carboxylic acids is 1. The molecule has 0 aromatic rings. The van der Waals surface area contributed by atoms with Gasteiger partial charge in [0, 0.05) is 22.6 Å². The van der Waals surface area contributed by atoms with Crippen LogP contribution in [0.25, 0.3) is 0 Å². The van der Waals surface area contributed by atoms with E-state index >= 15 is 0 Å². The molecular formula is C9H20FeNO2-. The Hall–Kier alpha value is -0.0505. The third-order valence-electron chi connectivity index (χ3n) is 0.770. The zero-order valence-corrected chi connectivity index (χ0v) is 9.93. The maximum atomic E-state index is 9.98. The molecule has 0 saturated heterocycles. The molecule has 3 nitrogen and oxygen atoms in total. The molecular weight excluding hydrogens is 210 g/mol. The van der Waals surface area contributed by atoms with E-state index in [0.717, 1.165) is 6.42 Å². The molecule has 0 aromatic carbocycles. The normalized spacial score (nSPS) is 9.31. The summed E-state index contributed by atoms with van der Waals surface area (Å²) in [4.78, 5) is 9.98. The Bertz CT molecular complexity index is 121. The third-order valence-corrected chi connectivity index (χ3v) is 0.770. The van der Waals surface area contributed by atoms with Crippen LogP contribution in [0.4, 0.5) is 0 Å². The predicted molar refractivity (Wildman–Crippen MR) is 51.0 cm³/mol. The van der Waals surface area contributed by atoms with E-state index < -0.39 is 5.97 Å². The van der Waals surface area contributed by atoms with Crippen LogP contribution in [0.15, 0.2) is 0 Å². The minimum atomic E-state index is -0.815. The summed E-state index contributed by atoms with van der Waals surface area (Å²) in [6.45, 7) is 11.3. The molecule has 0 aliphatic heterocycles. The summed E-state index contributed by atoms with van der Waals surface area (Å²) in [6, 6.07) is 0. The first-order valence-electron chi connectivity index (χ1n) is 4.09. The number of rotatable bonds is 2. The van der Waals surface area contributed by atoms with Gasteiger partial charge in [-0.1, -0.05) is 6.92 Å². The maximum absolute atomic E-state index is 9.98. The van der Waals surface area contributed by atoms with E-state index in [9.17, 15) is 4.79 Å². The van der Waals surface area contributed by atoms with Gasteiger partial charge in [-0.15, -0.1) is 0 Å². The molecule has 0 atom stereocenters. The van der Waals surface area contributed by atoms with Crippen molar-refractivity contribution >= 4 is 5.97 Å². The number of hydrogen-bond acceptors (Lipinski definition) is 2. The summed E-state index contributed by atoms with van der Waals surface area (Å²) in [7, 11) is 0. The minimum absolute atomic E-state index is 0.